The molecule has 0 unspecified atom stereocenters. The topological polar surface area (TPSA) is 21.3 Å². The number of ether oxygens (including phenoxy) is 1. The Kier molecular flexibility index (Phi) is 4.46. The number of halogens is 1. The number of methoxy groups -OCH3 is 1. The highest BCUT2D eigenvalue weighted by molar-refractivity contribution is 9.10. The number of rotatable bonds is 5. The summed E-state index contributed by atoms with van der Waals surface area (Å²) in [5, 5.41) is 3.59. The summed E-state index contributed by atoms with van der Waals surface area (Å²) in [6, 6.07) is 9.36. The third-order valence-electron chi connectivity index (χ3n) is 3.85. The predicted molar refractivity (Wildman–Crippen MR) is 79.0 cm³/mol. The third-order valence-corrected chi connectivity index (χ3v) is 4.38. The van der Waals surface area contributed by atoms with Gasteiger partial charge in [-0.25, -0.2) is 0 Å². The van der Waals surface area contributed by atoms with Gasteiger partial charge in [0.1, 0.15) is 0 Å². The minimum atomic E-state index is -0.0668. The van der Waals surface area contributed by atoms with E-state index in [9.17, 15) is 0 Å². The first-order chi connectivity index (χ1) is 8.50. The molecule has 0 bridgehead atoms. The summed E-state index contributed by atoms with van der Waals surface area (Å²) >= 11 is 3.47. The fourth-order valence-corrected chi connectivity index (χ4v) is 2.52. The molecule has 1 N–H and O–H groups in total. The molecule has 100 valence electrons. The molecule has 18 heavy (non-hydrogen) atoms. The summed E-state index contributed by atoms with van der Waals surface area (Å²) in [7, 11) is 1.77. The van der Waals surface area contributed by atoms with Crippen molar-refractivity contribution >= 4 is 15.9 Å². The maximum atomic E-state index is 5.41. The first kappa shape index (κ1) is 14.0. The standard InChI is InChI=1S/C15H22BrNO/c1-15(2,18-3)10-17-14-8-12(9-14)11-4-6-13(16)7-5-11/h4-7,12,14,17H,8-10H2,1-3H3. The Hall–Kier alpha value is -0.380. The Balaban J connectivity index is 1.75. The average molecular weight is 312 g/mol. The fraction of sp³-hybridized carbons (Fsp3) is 0.600. The van der Waals surface area contributed by atoms with Gasteiger partial charge in [0, 0.05) is 24.2 Å². The van der Waals surface area contributed by atoms with Crippen LogP contribution in [0.5, 0.6) is 0 Å². The fourth-order valence-electron chi connectivity index (χ4n) is 2.25. The van der Waals surface area contributed by atoms with Crippen LogP contribution < -0.4 is 5.32 Å². The van der Waals surface area contributed by atoms with Crippen LogP contribution in [-0.4, -0.2) is 25.3 Å². The highest BCUT2D eigenvalue weighted by Crippen LogP contribution is 2.37. The Morgan fingerprint density at radius 1 is 1.28 bits per heavy atom. The molecular formula is C15H22BrNO. The van der Waals surface area contributed by atoms with E-state index in [4.69, 9.17) is 4.74 Å². The van der Waals surface area contributed by atoms with Gasteiger partial charge in [-0.05, 0) is 50.3 Å². The average Bonchev–Trinajstić information content (AvgIpc) is 2.29. The van der Waals surface area contributed by atoms with Crippen molar-refractivity contribution in [3.05, 3.63) is 34.3 Å². The lowest BCUT2D eigenvalue weighted by Gasteiger charge is -2.38. The van der Waals surface area contributed by atoms with Gasteiger partial charge >= 0.3 is 0 Å². The van der Waals surface area contributed by atoms with Gasteiger partial charge in [-0.2, -0.15) is 0 Å². The first-order valence-corrected chi connectivity index (χ1v) is 7.33. The van der Waals surface area contributed by atoms with Crippen LogP contribution >= 0.6 is 15.9 Å². The number of hydrogen-bond donors (Lipinski definition) is 1. The molecule has 0 heterocycles. The molecule has 0 spiro atoms. The van der Waals surface area contributed by atoms with Gasteiger partial charge in [0.05, 0.1) is 5.60 Å². The number of nitrogens with one attached hydrogen (secondary N) is 1. The summed E-state index contributed by atoms with van der Waals surface area (Å²) in [4.78, 5) is 0. The van der Waals surface area contributed by atoms with E-state index in [1.54, 1.807) is 7.11 Å². The van der Waals surface area contributed by atoms with Gasteiger partial charge in [0.2, 0.25) is 0 Å². The van der Waals surface area contributed by atoms with Gasteiger partial charge < -0.3 is 10.1 Å². The zero-order valence-electron chi connectivity index (χ0n) is 11.4. The van der Waals surface area contributed by atoms with E-state index < -0.39 is 0 Å². The molecule has 0 aliphatic heterocycles. The molecule has 1 aliphatic rings. The van der Waals surface area contributed by atoms with E-state index in [0.717, 1.165) is 16.9 Å². The molecule has 0 atom stereocenters. The molecule has 1 aromatic carbocycles. The summed E-state index contributed by atoms with van der Waals surface area (Å²) < 4.78 is 6.57. The van der Waals surface area contributed by atoms with E-state index in [2.05, 4.69) is 59.4 Å². The smallest absolute Gasteiger partial charge is 0.0746 e. The maximum Gasteiger partial charge on any atom is 0.0746 e. The molecule has 0 radical (unpaired) electrons. The molecule has 0 amide bonds. The zero-order valence-corrected chi connectivity index (χ0v) is 13.0. The quantitative estimate of drug-likeness (QED) is 0.895. The Morgan fingerprint density at radius 2 is 1.89 bits per heavy atom. The number of benzene rings is 1. The second-order valence-corrected chi connectivity index (χ2v) is 6.68. The van der Waals surface area contributed by atoms with Gasteiger partial charge in [-0.1, -0.05) is 28.1 Å². The van der Waals surface area contributed by atoms with E-state index in [0.29, 0.717) is 6.04 Å². The van der Waals surface area contributed by atoms with Crippen LogP contribution in [0.3, 0.4) is 0 Å². The van der Waals surface area contributed by atoms with Gasteiger partial charge in [-0.15, -0.1) is 0 Å². The van der Waals surface area contributed by atoms with E-state index in [1.807, 2.05) is 0 Å². The van der Waals surface area contributed by atoms with Crippen LogP contribution in [0.15, 0.2) is 28.7 Å². The molecule has 3 heteroatoms. The second-order valence-electron chi connectivity index (χ2n) is 5.76. The normalized spacial score (nSPS) is 23.8. The second kappa shape index (κ2) is 5.72. The lowest BCUT2D eigenvalue weighted by molar-refractivity contribution is 0.0180. The van der Waals surface area contributed by atoms with Gasteiger partial charge in [0.25, 0.3) is 0 Å². The molecule has 2 nitrogen and oxygen atoms in total. The molecule has 0 saturated heterocycles. The maximum absolute atomic E-state index is 5.41. The van der Waals surface area contributed by atoms with Crippen molar-refractivity contribution in [2.75, 3.05) is 13.7 Å². The van der Waals surface area contributed by atoms with Crippen LogP contribution in [0.4, 0.5) is 0 Å². The lowest BCUT2D eigenvalue weighted by Crippen LogP contribution is -2.46. The van der Waals surface area contributed by atoms with Gasteiger partial charge in [-0.3, -0.25) is 0 Å². The van der Waals surface area contributed by atoms with Crippen molar-refractivity contribution in [2.45, 2.75) is 44.2 Å². The molecule has 1 aromatic rings. The van der Waals surface area contributed by atoms with Crippen molar-refractivity contribution in [1.82, 2.24) is 5.32 Å². The predicted octanol–water partition coefficient (Wildman–Crippen LogP) is 3.71. The van der Waals surface area contributed by atoms with E-state index in [-0.39, 0.29) is 5.60 Å². The SMILES string of the molecule is COC(C)(C)CNC1CC(c2ccc(Br)cc2)C1. The highest BCUT2D eigenvalue weighted by atomic mass is 79.9. The van der Waals surface area contributed by atoms with Crippen LogP contribution in [-0.2, 0) is 4.74 Å². The van der Waals surface area contributed by atoms with E-state index in [1.165, 1.54) is 18.4 Å². The first-order valence-electron chi connectivity index (χ1n) is 6.54. The summed E-state index contributed by atoms with van der Waals surface area (Å²) in [6.45, 7) is 5.15. The van der Waals surface area contributed by atoms with Crippen LogP contribution in [0.25, 0.3) is 0 Å². The molecule has 2 rings (SSSR count). The molecular weight excluding hydrogens is 290 g/mol. The van der Waals surface area contributed by atoms with Crippen molar-refractivity contribution < 1.29 is 4.74 Å². The molecule has 1 saturated carbocycles. The lowest BCUT2D eigenvalue weighted by atomic mass is 9.76. The summed E-state index contributed by atoms with van der Waals surface area (Å²) in [5.41, 5.74) is 1.39. The van der Waals surface area contributed by atoms with Gasteiger partial charge in [0.15, 0.2) is 0 Å². The summed E-state index contributed by atoms with van der Waals surface area (Å²) in [6.07, 6.45) is 2.48. The Morgan fingerprint density at radius 3 is 2.44 bits per heavy atom. The van der Waals surface area contributed by atoms with E-state index >= 15 is 0 Å². The molecule has 0 aromatic heterocycles. The highest BCUT2D eigenvalue weighted by Gasteiger charge is 2.31. The van der Waals surface area contributed by atoms with Crippen LogP contribution in [0, 0.1) is 0 Å². The molecule has 1 aliphatic carbocycles. The monoisotopic (exact) mass is 311 g/mol. The molecule has 1 fully saturated rings. The van der Waals surface area contributed by atoms with Crippen molar-refractivity contribution in [1.29, 1.82) is 0 Å². The third kappa shape index (κ3) is 3.56. The minimum Gasteiger partial charge on any atom is -0.377 e. The number of hydrogen-bond acceptors (Lipinski definition) is 2. The summed E-state index contributed by atoms with van der Waals surface area (Å²) in [5.74, 6) is 0.723. The minimum absolute atomic E-state index is 0.0668. The van der Waals surface area contributed by atoms with Crippen molar-refractivity contribution in [3.8, 4) is 0 Å². The Bertz CT molecular complexity index is 382. The largest absolute Gasteiger partial charge is 0.377 e. The van der Waals surface area contributed by atoms with Crippen molar-refractivity contribution in [3.63, 3.8) is 0 Å². The van der Waals surface area contributed by atoms with Crippen LogP contribution in [0.2, 0.25) is 0 Å². The Labute approximate surface area is 118 Å². The van der Waals surface area contributed by atoms with Crippen LogP contribution in [0.1, 0.15) is 38.2 Å². The zero-order chi connectivity index (χ0) is 13.2. The van der Waals surface area contributed by atoms with Crippen molar-refractivity contribution in [2.24, 2.45) is 0 Å².